The second-order valence-corrected chi connectivity index (χ2v) is 5.63. The lowest BCUT2D eigenvalue weighted by Crippen LogP contribution is -2.05. The zero-order valence-corrected chi connectivity index (χ0v) is 13.2. The van der Waals surface area contributed by atoms with Crippen LogP contribution in [-0.4, -0.2) is 24.9 Å². The van der Waals surface area contributed by atoms with Crippen LogP contribution >= 0.6 is 0 Å². The van der Waals surface area contributed by atoms with Crippen molar-refractivity contribution in [1.29, 1.82) is 0 Å². The lowest BCUT2D eigenvalue weighted by molar-refractivity contribution is 0.266. The maximum absolute atomic E-state index is 9.56. The summed E-state index contributed by atoms with van der Waals surface area (Å²) in [5.74, 6) is 1.54. The highest BCUT2D eigenvalue weighted by Crippen LogP contribution is 2.21. The zero-order valence-electron chi connectivity index (χ0n) is 13.2. The number of aliphatic hydroxyl groups is 1. The van der Waals surface area contributed by atoms with Crippen molar-refractivity contribution in [2.45, 2.75) is 20.1 Å². The first-order chi connectivity index (χ1) is 11.7. The number of aromatic nitrogens is 4. The number of fused-ring (bicyclic) bond motifs is 1. The van der Waals surface area contributed by atoms with E-state index in [0.717, 1.165) is 16.6 Å². The number of aryl methyl sites for hydroxylation is 1. The van der Waals surface area contributed by atoms with Crippen LogP contribution in [0.5, 0.6) is 0 Å². The highest BCUT2D eigenvalue weighted by molar-refractivity contribution is 5.75. The van der Waals surface area contributed by atoms with Crippen LogP contribution in [0.3, 0.4) is 0 Å². The van der Waals surface area contributed by atoms with Crippen LogP contribution in [0.4, 0.5) is 0 Å². The van der Waals surface area contributed by atoms with Gasteiger partial charge >= 0.3 is 0 Å². The number of aliphatic hydroxyl groups excluding tert-OH is 1. The third-order valence-corrected chi connectivity index (χ3v) is 3.93. The summed E-state index contributed by atoms with van der Waals surface area (Å²) in [5.41, 5.74) is 3.82. The molecular weight excluding hydrogens is 304 g/mol. The Morgan fingerprint density at radius 2 is 1.83 bits per heavy atom. The molecule has 2 heterocycles. The van der Waals surface area contributed by atoms with Gasteiger partial charge in [-0.2, -0.15) is 0 Å². The Hall–Kier alpha value is -2.99. The Morgan fingerprint density at radius 3 is 2.62 bits per heavy atom. The second kappa shape index (κ2) is 5.90. The third kappa shape index (κ3) is 2.57. The summed E-state index contributed by atoms with van der Waals surface area (Å²) in [6, 6.07) is 15.7. The molecule has 4 rings (SSSR count). The van der Waals surface area contributed by atoms with Crippen LogP contribution in [0.15, 0.2) is 52.9 Å². The van der Waals surface area contributed by atoms with Gasteiger partial charge in [-0.1, -0.05) is 29.8 Å². The summed E-state index contributed by atoms with van der Waals surface area (Å²) in [7, 11) is 0. The maximum Gasteiger partial charge on any atom is 0.247 e. The molecule has 120 valence electrons. The van der Waals surface area contributed by atoms with Crippen LogP contribution < -0.4 is 0 Å². The van der Waals surface area contributed by atoms with Gasteiger partial charge < -0.3 is 14.1 Å². The summed E-state index contributed by atoms with van der Waals surface area (Å²) in [6.45, 7) is 2.26. The van der Waals surface area contributed by atoms with Gasteiger partial charge in [-0.3, -0.25) is 0 Å². The molecule has 0 fully saturated rings. The number of rotatable bonds is 4. The molecule has 6 nitrogen and oxygen atoms in total. The summed E-state index contributed by atoms with van der Waals surface area (Å²) in [4.78, 5) is 4.43. The van der Waals surface area contributed by atoms with Gasteiger partial charge in [0.1, 0.15) is 19.0 Å². The molecule has 0 saturated heterocycles. The predicted octanol–water partition coefficient (Wildman–Crippen LogP) is 2.94. The van der Waals surface area contributed by atoms with E-state index in [-0.39, 0.29) is 6.61 Å². The van der Waals surface area contributed by atoms with E-state index < -0.39 is 0 Å². The largest absolute Gasteiger partial charge is 0.419 e. The highest BCUT2D eigenvalue weighted by atomic mass is 16.4. The molecule has 1 N–H and O–H groups in total. The molecule has 2 aromatic carbocycles. The second-order valence-electron chi connectivity index (χ2n) is 5.63. The molecule has 0 unspecified atom stereocenters. The maximum atomic E-state index is 9.56. The fourth-order valence-electron chi connectivity index (χ4n) is 2.69. The van der Waals surface area contributed by atoms with Crippen LogP contribution in [-0.2, 0) is 13.2 Å². The van der Waals surface area contributed by atoms with Crippen molar-refractivity contribution in [3.8, 4) is 11.5 Å². The van der Waals surface area contributed by atoms with E-state index in [0.29, 0.717) is 24.2 Å². The van der Waals surface area contributed by atoms with Crippen LogP contribution in [0.2, 0.25) is 0 Å². The van der Waals surface area contributed by atoms with Gasteiger partial charge in [0.2, 0.25) is 11.8 Å². The Morgan fingerprint density at radius 1 is 1.04 bits per heavy atom. The van der Waals surface area contributed by atoms with E-state index in [1.807, 2.05) is 60.0 Å². The normalized spacial score (nSPS) is 11.2. The van der Waals surface area contributed by atoms with Crippen molar-refractivity contribution in [3.05, 3.63) is 65.8 Å². The van der Waals surface area contributed by atoms with Crippen LogP contribution in [0, 0.1) is 6.92 Å². The monoisotopic (exact) mass is 320 g/mol. The minimum Gasteiger partial charge on any atom is -0.419 e. The van der Waals surface area contributed by atoms with Crippen molar-refractivity contribution < 1.29 is 9.52 Å². The average molecular weight is 320 g/mol. The van der Waals surface area contributed by atoms with Crippen LogP contribution in [0.1, 0.15) is 17.3 Å². The Balaban J connectivity index is 1.68. The minimum absolute atomic E-state index is 0.145. The molecule has 0 atom stereocenters. The number of imidazole rings is 1. The number of para-hydroxylation sites is 2. The molecule has 0 amide bonds. The molecule has 0 aliphatic carbocycles. The van der Waals surface area contributed by atoms with Crippen LogP contribution in [0.25, 0.3) is 22.5 Å². The smallest absolute Gasteiger partial charge is 0.247 e. The Bertz CT molecular complexity index is 986. The third-order valence-electron chi connectivity index (χ3n) is 3.93. The summed E-state index contributed by atoms with van der Waals surface area (Å²) < 4.78 is 7.67. The molecule has 2 aromatic heterocycles. The topological polar surface area (TPSA) is 77.0 Å². The first kappa shape index (κ1) is 14.6. The van der Waals surface area contributed by atoms with Crippen molar-refractivity contribution in [1.82, 2.24) is 19.7 Å². The highest BCUT2D eigenvalue weighted by Gasteiger charge is 2.14. The van der Waals surface area contributed by atoms with E-state index in [1.165, 1.54) is 5.56 Å². The predicted molar refractivity (Wildman–Crippen MR) is 89.2 cm³/mol. The Labute approximate surface area is 138 Å². The van der Waals surface area contributed by atoms with Crippen molar-refractivity contribution in [2.24, 2.45) is 0 Å². The lowest BCUT2D eigenvalue weighted by atomic mass is 10.1. The van der Waals surface area contributed by atoms with Crippen molar-refractivity contribution >= 4 is 11.0 Å². The van der Waals surface area contributed by atoms with E-state index >= 15 is 0 Å². The van der Waals surface area contributed by atoms with E-state index in [4.69, 9.17) is 4.42 Å². The SMILES string of the molecule is Cc1ccc(-c2nnc(Cn3c(CO)nc4ccccc43)o2)cc1. The fourth-order valence-corrected chi connectivity index (χ4v) is 2.69. The molecule has 0 bridgehead atoms. The molecule has 4 aromatic rings. The molecule has 0 aliphatic rings. The Kier molecular flexibility index (Phi) is 3.59. The van der Waals surface area contributed by atoms with Gasteiger partial charge in [0.25, 0.3) is 0 Å². The fraction of sp³-hybridized carbons (Fsp3) is 0.167. The molecule has 0 radical (unpaired) electrons. The minimum atomic E-state index is -0.145. The quantitative estimate of drug-likeness (QED) is 0.625. The van der Waals surface area contributed by atoms with Gasteiger partial charge in [0.15, 0.2) is 0 Å². The molecule has 0 aliphatic heterocycles. The van der Waals surface area contributed by atoms with Gasteiger partial charge in [0, 0.05) is 5.56 Å². The first-order valence-electron chi connectivity index (χ1n) is 7.69. The summed E-state index contributed by atoms with van der Waals surface area (Å²) >= 11 is 0. The lowest BCUT2D eigenvalue weighted by Gasteiger charge is -2.04. The molecular formula is C18H16N4O2. The summed E-state index contributed by atoms with van der Waals surface area (Å²) in [5, 5.41) is 17.8. The van der Waals surface area contributed by atoms with Gasteiger partial charge in [-0.05, 0) is 31.2 Å². The molecule has 6 heteroatoms. The number of hydrogen-bond acceptors (Lipinski definition) is 5. The first-order valence-corrected chi connectivity index (χ1v) is 7.69. The van der Waals surface area contributed by atoms with Gasteiger partial charge in [0.05, 0.1) is 11.0 Å². The number of nitrogens with zero attached hydrogens (tertiary/aromatic N) is 4. The zero-order chi connectivity index (χ0) is 16.5. The summed E-state index contributed by atoms with van der Waals surface area (Å²) in [6.07, 6.45) is 0. The van der Waals surface area contributed by atoms with E-state index in [2.05, 4.69) is 15.2 Å². The number of benzene rings is 2. The van der Waals surface area contributed by atoms with Crippen molar-refractivity contribution in [2.75, 3.05) is 0 Å². The molecule has 0 saturated carbocycles. The van der Waals surface area contributed by atoms with Crippen molar-refractivity contribution in [3.63, 3.8) is 0 Å². The van der Waals surface area contributed by atoms with Gasteiger partial charge in [-0.15, -0.1) is 10.2 Å². The number of hydrogen-bond donors (Lipinski definition) is 1. The van der Waals surface area contributed by atoms with E-state index in [9.17, 15) is 5.11 Å². The van der Waals surface area contributed by atoms with Gasteiger partial charge in [-0.25, -0.2) is 4.98 Å². The average Bonchev–Trinajstić information content (AvgIpc) is 3.21. The molecule has 24 heavy (non-hydrogen) atoms. The molecule has 0 spiro atoms. The standard InChI is InChI=1S/C18H16N4O2/c1-12-6-8-13(9-7-12)18-21-20-17(24-18)10-22-15-5-3-2-4-14(15)19-16(22)11-23/h2-9,23H,10-11H2,1H3. The van der Waals surface area contributed by atoms with E-state index in [1.54, 1.807) is 0 Å².